The Morgan fingerprint density at radius 2 is 1.80 bits per heavy atom. The Labute approximate surface area is 171 Å². The van der Waals surface area contributed by atoms with E-state index < -0.39 is 17.8 Å². The van der Waals surface area contributed by atoms with Crippen molar-refractivity contribution in [1.82, 2.24) is 20.2 Å². The number of aliphatic hydroxyl groups excluding tert-OH is 1. The smallest absolute Gasteiger partial charge is 0.393 e. The molecule has 0 amide bonds. The number of likely N-dealkylation sites (tertiary alicyclic amines) is 1. The maximum absolute atomic E-state index is 13.3. The van der Waals surface area contributed by atoms with Crippen molar-refractivity contribution >= 4 is 0 Å². The third-order valence-corrected chi connectivity index (χ3v) is 5.55. The average molecular weight is 418 g/mol. The normalized spacial score (nSPS) is 20.8. The number of aliphatic hydroxyl groups is 1. The molecule has 3 aromatic rings. The van der Waals surface area contributed by atoms with E-state index in [0.29, 0.717) is 43.9 Å². The molecule has 30 heavy (non-hydrogen) atoms. The van der Waals surface area contributed by atoms with Gasteiger partial charge in [0.2, 0.25) is 5.82 Å². The minimum absolute atomic E-state index is 0.378. The van der Waals surface area contributed by atoms with Gasteiger partial charge in [-0.1, -0.05) is 42.5 Å². The molecule has 2 heterocycles. The first-order chi connectivity index (χ1) is 14.4. The summed E-state index contributed by atoms with van der Waals surface area (Å²) in [7, 11) is 0. The lowest BCUT2D eigenvalue weighted by Gasteiger charge is -2.33. The number of benzene rings is 2. The SMILES string of the molecule is OC1CC[NH+]([C@@H](c2cccc(C(F)(F)F)c2)c2nnnn2Cc2ccccc2)CC1. The Kier molecular flexibility index (Phi) is 5.83. The van der Waals surface area contributed by atoms with Crippen LogP contribution in [-0.4, -0.2) is 44.5 Å². The number of halogens is 3. The molecule has 1 aromatic heterocycles. The number of nitrogens with zero attached hydrogens (tertiary/aromatic N) is 4. The van der Waals surface area contributed by atoms with Gasteiger partial charge in [-0.25, -0.2) is 4.68 Å². The topological polar surface area (TPSA) is 68.3 Å². The van der Waals surface area contributed by atoms with Crippen LogP contribution >= 0.6 is 0 Å². The summed E-state index contributed by atoms with van der Waals surface area (Å²) in [6.45, 7) is 1.68. The summed E-state index contributed by atoms with van der Waals surface area (Å²) in [6, 6.07) is 14.6. The van der Waals surface area contributed by atoms with E-state index in [4.69, 9.17) is 0 Å². The van der Waals surface area contributed by atoms with Crippen molar-refractivity contribution in [3.8, 4) is 0 Å². The van der Waals surface area contributed by atoms with Crippen LogP contribution < -0.4 is 4.90 Å². The number of hydrogen-bond donors (Lipinski definition) is 2. The lowest BCUT2D eigenvalue weighted by atomic mass is 9.98. The second-order valence-electron chi connectivity index (χ2n) is 7.63. The van der Waals surface area contributed by atoms with Crippen molar-refractivity contribution in [2.24, 2.45) is 0 Å². The molecule has 0 spiro atoms. The molecule has 0 radical (unpaired) electrons. The van der Waals surface area contributed by atoms with Crippen LogP contribution in [0.4, 0.5) is 13.2 Å². The minimum atomic E-state index is -4.43. The second-order valence-corrected chi connectivity index (χ2v) is 7.63. The Balaban J connectivity index is 1.73. The van der Waals surface area contributed by atoms with Crippen LogP contribution in [0.5, 0.6) is 0 Å². The maximum Gasteiger partial charge on any atom is 0.416 e. The van der Waals surface area contributed by atoms with Gasteiger partial charge in [0.05, 0.1) is 31.3 Å². The summed E-state index contributed by atoms with van der Waals surface area (Å²) in [5, 5.41) is 22.0. The number of rotatable bonds is 5. The first-order valence-corrected chi connectivity index (χ1v) is 9.91. The molecule has 0 unspecified atom stereocenters. The molecule has 4 rings (SSSR count). The number of piperidine rings is 1. The highest BCUT2D eigenvalue weighted by molar-refractivity contribution is 5.30. The molecule has 9 heteroatoms. The fourth-order valence-electron chi connectivity index (χ4n) is 4.01. The van der Waals surface area contributed by atoms with Gasteiger partial charge in [-0.2, -0.15) is 13.2 Å². The average Bonchev–Trinajstić information content (AvgIpc) is 3.18. The number of nitrogens with one attached hydrogen (secondary N) is 1. The highest BCUT2D eigenvalue weighted by Crippen LogP contribution is 2.31. The summed E-state index contributed by atoms with van der Waals surface area (Å²) >= 11 is 0. The van der Waals surface area contributed by atoms with Crippen molar-refractivity contribution in [2.75, 3.05) is 13.1 Å². The molecular weight excluding hydrogens is 395 g/mol. The summed E-state index contributed by atoms with van der Waals surface area (Å²) < 4.78 is 41.7. The third-order valence-electron chi connectivity index (χ3n) is 5.55. The van der Waals surface area contributed by atoms with E-state index in [1.165, 1.54) is 12.1 Å². The highest BCUT2D eigenvalue weighted by atomic mass is 19.4. The Morgan fingerprint density at radius 3 is 2.50 bits per heavy atom. The number of hydrogen-bond acceptors (Lipinski definition) is 4. The van der Waals surface area contributed by atoms with Crippen LogP contribution in [0, 0.1) is 0 Å². The molecule has 2 N–H and O–H groups in total. The van der Waals surface area contributed by atoms with Crippen molar-refractivity contribution in [1.29, 1.82) is 0 Å². The summed E-state index contributed by atoms with van der Waals surface area (Å²) in [4.78, 5) is 1.05. The molecule has 1 saturated heterocycles. The molecule has 1 fully saturated rings. The zero-order chi connectivity index (χ0) is 21.1. The Hall–Kier alpha value is -2.78. The van der Waals surface area contributed by atoms with Crippen molar-refractivity contribution in [3.63, 3.8) is 0 Å². The molecule has 158 valence electrons. The second kappa shape index (κ2) is 8.53. The fraction of sp³-hybridized carbons (Fsp3) is 0.381. The van der Waals surface area contributed by atoms with Crippen molar-refractivity contribution < 1.29 is 23.2 Å². The van der Waals surface area contributed by atoms with Crippen LogP contribution in [-0.2, 0) is 12.7 Å². The minimum Gasteiger partial charge on any atom is -0.393 e. The molecular formula is C21H23F3N5O+. The number of tetrazole rings is 1. The van der Waals surface area contributed by atoms with Gasteiger partial charge in [0.15, 0.2) is 6.04 Å². The van der Waals surface area contributed by atoms with Gasteiger partial charge in [0.25, 0.3) is 0 Å². The third kappa shape index (κ3) is 4.52. The van der Waals surface area contributed by atoms with Gasteiger partial charge in [-0.05, 0) is 28.1 Å². The van der Waals surface area contributed by atoms with Gasteiger partial charge in [-0.3, -0.25) is 0 Å². The monoisotopic (exact) mass is 418 g/mol. The van der Waals surface area contributed by atoms with E-state index in [2.05, 4.69) is 15.5 Å². The van der Waals surface area contributed by atoms with Crippen molar-refractivity contribution in [3.05, 3.63) is 77.1 Å². The van der Waals surface area contributed by atoms with Crippen LogP contribution in [0.1, 0.15) is 41.4 Å². The maximum atomic E-state index is 13.3. The van der Waals surface area contributed by atoms with Crippen LogP contribution in [0.25, 0.3) is 0 Å². The Morgan fingerprint density at radius 1 is 1.07 bits per heavy atom. The lowest BCUT2D eigenvalue weighted by molar-refractivity contribution is -0.932. The molecule has 2 aromatic carbocycles. The summed E-state index contributed by atoms with van der Waals surface area (Å²) in [6.07, 6.45) is -3.63. The predicted octanol–water partition coefficient (Wildman–Crippen LogP) is 1.87. The number of quaternary nitrogens is 1. The van der Waals surface area contributed by atoms with Crippen LogP contribution in [0.2, 0.25) is 0 Å². The zero-order valence-corrected chi connectivity index (χ0v) is 16.3. The number of alkyl halides is 3. The van der Waals surface area contributed by atoms with E-state index in [0.717, 1.165) is 16.5 Å². The van der Waals surface area contributed by atoms with E-state index in [-0.39, 0.29) is 6.10 Å². The fourth-order valence-corrected chi connectivity index (χ4v) is 4.01. The van der Waals surface area contributed by atoms with Gasteiger partial charge < -0.3 is 10.0 Å². The lowest BCUT2D eigenvalue weighted by Crippen LogP contribution is -3.13. The standard InChI is InChI=1S/C21H22F3N5O/c22-21(23,24)17-8-4-7-16(13-17)19(28-11-9-18(30)10-12-28)20-25-26-27-29(20)14-15-5-2-1-3-6-15/h1-8,13,18-19,30H,9-12,14H2/p+1/t19-/m0/s1. The zero-order valence-electron chi connectivity index (χ0n) is 16.3. The predicted molar refractivity (Wildman–Crippen MR) is 103 cm³/mol. The molecule has 1 aliphatic heterocycles. The molecule has 0 aliphatic carbocycles. The largest absolute Gasteiger partial charge is 0.416 e. The summed E-state index contributed by atoms with van der Waals surface area (Å²) in [5.41, 5.74) is 0.821. The first-order valence-electron chi connectivity index (χ1n) is 9.91. The Bertz CT molecular complexity index is 968. The number of aromatic nitrogens is 4. The first kappa shape index (κ1) is 20.5. The van der Waals surface area contributed by atoms with Crippen molar-refractivity contribution in [2.45, 2.75) is 37.7 Å². The summed E-state index contributed by atoms with van der Waals surface area (Å²) in [5.74, 6) is 0.518. The van der Waals surface area contributed by atoms with Crippen LogP contribution in [0.3, 0.4) is 0 Å². The van der Waals surface area contributed by atoms with Gasteiger partial charge in [0.1, 0.15) is 0 Å². The molecule has 1 aliphatic rings. The van der Waals surface area contributed by atoms with Gasteiger partial charge >= 0.3 is 6.18 Å². The van der Waals surface area contributed by atoms with E-state index >= 15 is 0 Å². The van der Waals surface area contributed by atoms with E-state index in [1.54, 1.807) is 10.7 Å². The quantitative estimate of drug-likeness (QED) is 0.664. The highest BCUT2D eigenvalue weighted by Gasteiger charge is 2.37. The molecule has 0 bridgehead atoms. The van der Waals surface area contributed by atoms with E-state index in [1.807, 2.05) is 30.3 Å². The van der Waals surface area contributed by atoms with E-state index in [9.17, 15) is 18.3 Å². The van der Waals surface area contributed by atoms with Gasteiger partial charge in [0, 0.05) is 18.4 Å². The molecule has 1 atom stereocenters. The molecule has 6 nitrogen and oxygen atoms in total. The molecule has 0 saturated carbocycles. The van der Waals surface area contributed by atoms with Crippen LogP contribution in [0.15, 0.2) is 54.6 Å². The van der Waals surface area contributed by atoms with Gasteiger partial charge in [-0.15, -0.1) is 5.10 Å².